The maximum absolute atomic E-state index is 13.4. The number of hydrogen-bond donors (Lipinski definition) is 3. The molecule has 3 heterocycles. The molecule has 15 heteroatoms. The van der Waals surface area contributed by atoms with Crippen LogP contribution in [0.3, 0.4) is 0 Å². The van der Waals surface area contributed by atoms with Crippen LogP contribution < -0.4 is 16.0 Å². The van der Waals surface area contributed by atoms with E-state index in [1.54, 1.807) is 36.4 Å². The molecular weight excluding hydrogens is 1080 g/mol. The van der Waals surface area contributed by atoms with Gasteiger partial charge in [-0.15, -0.1) is 0 Å². The van der Waals surface area contributed by atoms with E-state index in [1.807, 2.05) is 14.0 Å². The van der Waals surface area contributed by atoms with Crippen molar-refractivity contribution in [2.45, 2.75) is 193 Å². The van der Waals surface area contributed by atoms with Crippen molar-refractivity contribution >= 4 is 17.7 Å². The molecule has 13 atom stereocenters. The summed E-state index contributed by atoms with van der Waals surface area (Å²) in [5.74, 6) is 5.57. The average molecular weight is 1170 g/mol. The predicted molar refractivity (Wildman–Crippen MR) is 323 cm³/mol. The van der Waals surface area contributed by atoms with Gasteiger partial charge >= 0.3 is 0 Å². The summed E-state index contributed by atoms with van der Waals surface area (Å²) in [6.45, 7) is 9.29. The maximum Gasteiger partial charge on any atom is 0.272 e. The summed E-state index contributed by atoms with van der Waals surface area (Å²) in [6.07, 6.45) is 26.2. The van der Waals surface area contributed by atoms with Crippen molar-refractivity contribution in [3.05, 3.63) is 141 Å². The third kappa shape index (κ3) is 9.08. The summed E-state index contributed by atoms with van der Waals surface area (Å²) in [7, 11) is 0. The molecule has 0 saturated heterocycles. The van der Waals surface area contributed by atoms with Gasteiger partial charge in [0.15, 0.2) is 17.1 Å². The van der Waals surface area contributed by atoms with E-state index in [2.05, 4.69) is 48.7 Å². The van der Waals surface area contributed by atoms with E-state index in [4.69, 9.17) is 10.2 Å². The van der Waals surface area contributed by atoms with E-state index in [0.717, 1.165) is 170 Å². The van der Waals surface area contributed by atoms with Gasteiger partial charge < -0.3 is 16.0 Å². The first-order valence-corrected chi connectivity index (χ1v) is 33.1. The van der Waals surface area contributed by atoms with Crippen molar-refractivity contribution < 1.29 is 27.6 Å². The molecule has 3 N–H and O–H groups in total. The Morgan fingerprint density at radius 2 is 1.00 bits per heavy atom. The Balaban J connectivity index is 0.000000109. The monoisotopic (exact) mass is 1170 g/mol. The smallest absolute Gasteiger partial charge is 0.272 e. The lowest BCUT2D eigenvalue weighted by atomic mass is 9.33. The van der Waals surface area contributed by atoms with Crippen molar-refractivity contribution in [3.63, 3.8) is 0 Å². The Morgan fingerprint density at radius 1 is 0.523 bits per heavy atom. The molecule has 6 bridgehead atoms. The molecule has 12 nitrogen and oxygen atoms in total. The molecule has 1 spiro atoms. The van der Waals surface area contributed by atoms with Crippen LogP contribution in [0.15, 0.2) is 72.8 Å². The van der Waals surface area contributed by atoms with Crippen LogP contribution in [-0.2, 0) is 38.5 Å². The van der Waals surface area contributed by atoms with E-state index < -0.39 is 0 Å². The number of halogens is 3. The van der Waals surface area contributed by atoms with Crippen molar-refractivity contribution in [2.75, 3.05) is 0 Å². The molecule has 86 heavy (non-hydrogen) atoms. The van der Waals surface area contributed by atoms with Gasteiger partial charge in [0.2, 0.25) is 0 Å². The molecule has 0 radical (unpaired) electrons. The number of amides is 3. The van der Waals surface area contributed by atoms with Gasteiger partial charge in [0.1, 0.15) is 17.5 Å². The van der Waals surface area contributed by atoms with Crippen LogP contribution in [0.5, 0.6) is 0 Å². The predicted octanol–water partition coefficient (Wildman–Crippen LogP) is 13.3. The molecule has 6 aromatic rings. The molecular formula is C71H84F3N9O3. The molecule has 11 aliphatic carbocycles. The third-order valence-corrected chi connectivity index (χ3v) is 24.9. The molecule has 3 aromatic heterocycles. The topological polar surface area (TPSA) is 141 Å². The number of aromatic nitrogens is 6. The van der Waals surface area contributed by atoms with Gasteiger partial charge in [-0.25, -0.2) is 27.2 Å². The fourth-order valence-corrected chi connectivity index (χ4v) is 20.3. The first-order chi connectivity index (χ1) is 41.6. The standard InChI is InChI=1S/C26H30FN3O.C24H30FN3O.C21H24FN3O/c1-14(23-20-11-15-10-16-12-21(23)26(16,20)13-15)28-25(31)24-19-4-2-3-5-22(19)30(29-24)18-8-6-17(27)7-9-18;1-23(2)15-12-13-24(23,3)20(14-15)26-22(29)21-18-6-4-5-7-19(18)28(27-21)17-10-8-16(25)9-11-17;22-15-7-9-16(10-8-15)25-19-4-2-1-3-17(19)20(24-25)21(26)23-18-12-13-5-6-14(18)11-13/h6-9,14-16,20-21,23H,2-5,10-13H2,1H3,(H,28,31);8-11,15,20H,4-7,12-14H2,1-3H3,(H,26,29);7-10,13-14,18H,1-6,11-12H2,(H,23,26). The van der Waals surface area contributed by atoms with E-state index in [0.29, 0.717) is 46.3 Å². The number of fused-ring (bicyclic) bond motifs is 8. The normalized spacial score (nSPS) is 31.6. The molecule has 11 aliphatic rings. The van der Waals surface area contributed by atoms with Gasteiger partial charge in [-0.05, 0) is 285 Å². The summed E-state index contributed by atoms with van der Waals surface area (Å²) in [6, 6.07) is 19.9. The van der Waals surface area contributed by atoms with Crippen molar-refractivity contribution in [3.8, 4) is 17.1 Å². The maximum atomic E-state index is 13.4. The van der Waals surface area contributed by atoms with Gasteiger partial charge in [0, 0.05) is 51.9 Å². The van der Waals surface area contributed by atoms with Crippen LogP contribution in [0, 0.1) is 81.0 Å². The van der Waals surface area contributed by atoms with Crippen molar-refractivity contribution in [1.29, 1.82) is 0 Å². The van der Waals surface area contributed by atoms with Gasteiger partial charge in [0.05, 0.1) is 17.1 Å². The highest BCUT2D eigenvalue weighted by Gasteiger charge is 2.78. The Kier molecular flexibility index (Phi) is 13.9. The Labute approximate surface area is 503 Å². The first-order valence-electron chi connectivity index (χ1n) is 33.1. The summed E-state index contributed by atoms with van der Waals surface area (Å²) in [5, 5.41) is 24.2. The molecule has 17 rings (SSSR count). The van der Waals surface area contributed by atoms with Gasteiger partial charge in [-0.3, -0.25) is 14.4 Å². The molecule has 8 saturated carbocycles. The Bertz CT molecular complexity index is 3620. The van der Waals surface area contributed by atoms with E-state index >= 15 is 0 Å². The Morgan fingerprint density at radius 3 is 1.44 bits per heavy atom. The number of carbonyl (C=O) groups is 3. The number of benzene rings is 3. The van der Waals surface area contributed by atoms with Gasteiger partial charge in [-0.1, -0.05) is 27.2 Å². The summed E-state index contributed by atoms with van der Waals surface area (Å²) in [4.78, 5) is 39.7. The quantitative estimate of drug-likeness (QED) is 0.125. The summed E-state index contributed by atoms with van der Waals surface area (Å²) >= 11 is 0. The lowest BCUT2D eigenvalue weighted by molar-refractivity contribution is -0.235. The molecule has 3 amide bonds. The number of nitrogens with zero attached hydrogens (tertiary/aromatic N) is 6. The van der Waals surface area contributed by atoms with Gasteiger partial charge in [-0.2, -0.15) is 15.3 Å². The lowest BCUT2D eigenvalue weighted by Gasteiger charge is -2.72. The second kappa shape index (κ2) is 21.4. The number of rotatable bonds is 10. The van der Waals surface area contributed by atoms with Gasteiger partial charge in [0.25, 0.3) is 17.7 Å². The van der Waals surface area contributed by atoms with Crippen LogP contribution in [0.1, 0.15) is 202 Å². The zero-order chi connectivity index (χ0) is 59.0. The molecule has 13 unspecified atom stereocenters. The highest BCUT2D eigenvalue weighted by atomic mass is 19.1. The van der Waals surface area contributed by atoms with E-state index in [1.165, 1.54) is 94.2 Å². The van der Waals surface area contributed by atoms with Crippen molar-refractivity contribution in [2.24, 2.45) is 63.6 Å². The third-order valence-electron chi connectivity index (χ3n) is 24.9. The number of hydrogen-bond acceptors (Lipinski definition) is 6. The zero-order valence-corrected chi connectivity index (χ0v) is 50.6. The average Bonchev–Trinajstić information content (AvgIpc) is 1.43. The molecule has 8 fully saturated rings. The zero-order valence-electron chi connectivity index (χ0n) is 50.6. The second-order valence-electron chi connectivity index (χ2n) is 29.1. The number of nitrogens with one attached hydrogen (secondary N) is 3. The van der Waals surface area contributed by atoms with Crippen LogP contribution >= 0.6 is 0 Å². The number of carbonyl (C=O) groups excluding carboxylic acids is 3. The minimum atomic E-state index is -0.264. The molecule has 452 valence electrons. The summed E-state index contributed by atoms with van der Waals surface area (Å²) in [5.41, 5.74) is 11.9. The van der Waals surface area contributed by atoms with Crippen LogP contribution in [0.2, 0.25) is 0 Å². The largest absolute Gasteiger partial charge is 0.348 e. The first kappa shape index (κ1) is 56.0. The second-order valence-corrected chi connectivity index (χ2v) is 29.1. The minimum Gasteiger partial charge on any atom is -0.348 e. The van der Waals surface area contributed by atoms with E-state index in [9.17, 15) is 27.6 Å². The highest BCUT2D eigenvalue weighted by Crippen LogP contribution is 2.83. The minimum absolute atomic E-state index is 0.0218. The molecule has 3 aromatic carbocycles. The fraction of sp³-hybridized carbons (Fsp3) is 0.577. The fourth-order valence-electron chi connectivity index (χ4n) is 20.3. The lowest BCUT2D eigenvalue weighted by Crippen LogP contribution is -2.69. The highest BCUT2D eigenvalue weighted by molar-refractivity contribution is 5.96. The SMILES string of the molecule is CC(NC(=O)c1nn(-c2ccc(F)cc2)c2c1CCCC2)C1C2CC3CC4CC1C42C3.CC1(C)C2CCC1(C)C(NC(=O)c1nn(-c3ccc(F)cc3)c3c1CCCC3)C2.O=C(NC1CC2CCC1C2)c1nn(-c2ccc(F)cc2)c2c1CCCC2. The summed E-state index contributed by atoms with van der Waals surface area (Å²) < 4.78 is 45.7. The van der Waals surface area contributed by atoms with Crippen molar-refractivity contribution in [1.82, 2.24) is 45.3 Å². The molecule has 0 aliphatic heterocycles. The van der Waals surface area contributed by atoms with Crippen LogP contribution in [-0.4, -0.2) is 65.2 Å². The van der Waals surface area contributed by atoms with Crippen LogP contribution in [0.4, 0.5) is 13.2 Å². The Hall–Kier alpha value is -6.51. The van der Waals surface area contributed by atoms with E-state index in [-0.39, 0.29) is 58.1 Å². The van der Waals surface area contributed by atoms with Crippen LogP contribution in [0.25, 0.3) is 17.1 Å².